The zero-order chi connectivity index (χ0) is 12.8. The van der Waals surface area contributed by atoms with E-state index in [0.717, 1.165) is 16.9 Å². The van der Waals surface area contributed by atoms with Crippen molar-refractivity contribution in [2.75, 3.05) is 5.32 Å². The molecule has 0 aliphatic rings. The lowest BCUT2D eigenvalue weighted by molar-refractivity contribution is -0.390. The number of aromatic nitrogens is 1. The lowest BCUT2D eigenvalue weighted by atomic mass is 10.2. The van der Waals surface area contributed by atoms with Crippen LogP contribution in [-0.2, 0) is 6.54 Å². The lowest BCUT2D eigenvalue weighted by Crippen LogP contribution is -2.30. The number of hydrogen-bond acceptors (Lipinski definition) is 1. The molecule has 1 aromatic carbocycles. The largest absolute Gasteiger partial charge is 0.328 e. The highest BCUT2D eigenvalue weighted by Gasteiger charge is 2.04. The summed E-state index contributed by atoms with van der Waals surface area (Å²) in [5.41, 5.74) is 2.87. The van der Waals surface area contributed by atoms with Crippen LogP contribution >= 0.6 is 0 Å². The molecule has 2 amide bonds. The number of aromatic amines is 1. The number of hydrogen-bond donors (Lipinski definition) is 2. The summed E-state index contributed by atoms with van der Waals surface area (Å²) in [6, 6.07) is 13.2. The molecular formula is C14H16N3O+. The van der Waals surface area contributed by atoms with Crippen molar-refractivity contribution in [3.63, 3.8) is 0 Å². The second kappa shape index (κ2) is 5.82. The second-order valence-electron chi connectivity index (χ2n) is 4.06. The van der Waals surface area contributed by atoms with Crippen LogP contribution in [0.25, 0.3) is 0 Å². The van der Waals surface area contributed by atoms with Crippen LogP contribution in [-0.4, -0.2) is 6.03 Å². The molecule has 0 spiro atoms. The minimum absolute atomic E-state index is 0.210. The highest BCUT2D eigenvalue weighted by atomic mass is 16.2. The van der Waals surface area contributed by atoms with Crippen LogP contribution in [0.1, 0.15) is 11.3 Å². The van der Waals surface area contributed by atoms with E-state index in [1.54, 1.807) is 0 Å². The van der Waals surface area contributed by atoms with Gasteiger partial charge in [0.15, 0.2) is 11.9 Å². The molecule has 4 nitrogen and oxygen atoms in total. The number of H-pyrrole nitrogens is 1. The van der Waals surface area contributed by atoms with E-state index in [1.165, 1.54) is 0 Å². The van der Waals surface area contributed by atoms with Crippen LogP contribution < -0.4 is 15.6 Å². The van der Waals surface area contributed by atoms with E-state index in [1.807, 2.05) is 55.6 Å². The fourth-order valence-electron chi connectivity index (χ4n) is 1.61. The molecular weight excluding hydrogens is 226 g/mol. The maximum Gasteiger partial charge on any atom is 0.319 e. The Morgan fingerprint density at radius 3 is 2.83 bits per heavy atom. The van der Waals surface area contributed by atoms with Gasteiger partial charge in [-0.2, -0.15) is 0 Å². The smallest absolute Gasteiger partial charge is 0.319 e. The van der Waals surface area contributed by atoms with Gasteiger partial charge in [-0.1, -0.05) is 18.2 Å². The van der Waals surface area contributed by atoms with E-state index in [9.17, 15) is 4.79 Å². The Morgan fingerprint density at radius 2 is 2.11 bits per heavy atom. The van der Waals surface area contributed by atoms with Gasteiger partial charge >= 0.3 is 6.03 Å². The van der Waals surface area contributed by atoms with E-state index < -0.39 is 0 Å². The van der Waals surface area contributed by atoms with Crippen LogP contribution in [0, 0.1) is 6.92 Å². The van der Waals surface area contributed by atoms with Crippen molar-refractivity contribution in [3.05, 3.63) is 59.9 Å². The first-order valence-electron chi connectivity index (χ1n) is 5.81. The number of pyridine rings is 1. The molecule has 3 N–H and O–H groups in total. The Hall–Kier alpha value is -2.36. The Morgan fingerprint density at radius 1 is 1.22 bits per heavy atom. The van der Waals surface area contributed by atoms with Gasteiger partial charge < -0.3 is 10.6 Å². The average Bonchev–Trinajstić information content (AvgIpc) is 2.38. The fraction of sp³-hybridized carbons (Fsp3) is 0.143. The van der Waals surface area contributed by atoms with Gasteiger partial charge in [0, 0.05) is 17.8 Å². The molecule has 2 rings (SSSR count). The molecule has 2 aromatic rings. The molecule has 0 fully saturated rings. The molecule has 4 heteroatoms. The number of benzene rings is 1. The summed E-state index contributed by atoms with van der Waals surface area (Å²) in [6.45, 7) is 2.46. The Bertz CT molecular complexity index is 526. The number of carbonyl (C=O) groups is 1. The standard InChI is InChI=1S/C14H15N3O/c1-11-5-4-7-12(9-11)17-14(18)16-10-13-6-2-3-8-15-13/h2-9H,10H2,1H3,(H2,16,17,18)/p+1. The third-order valence-electron chi connectivity index (χ3n) is 2.49. The van der Waals surface area contributed by atoms with Crippen LogP contribution in [0.3, 0.4) is 0 Å². The van der Waals surface area contributed by atoms with Gasteiger partial charge in [0.1, 0.15) is 6.54 Å². The molecule has 0 saturated heterocycles. The van der Waals surface area contributed by atoms with Gasteiger partial charge in [-0.25, -0.2) is 9.78 Å². The molecule has 0 unspecified atom stereocenters. The lowest BCUT2D eigenvalue weighted by Gasteiger charge is -2.06. The van der Waals surface area contributed by atoms with Gasteiger partial charge in [-0.05, 0) is 24.6 Å². The van der Waals surface area contributed by atoms with Crippen molar-refractivity contribution in [3.8, 4) is 0 Å². The summed E-state index contributed by atoms with van der Waals surface area (Å²) in [5, 5.41) is 5.57. The molecule has 92 valence electrons. The van der Waals surface area contributed by atoms with Gasteiger partial charge in [0.2, 0.25) is 0 Å². The SMILES string of the molecule is Cc1cccc(NC(=O)NCc2cccc[nH+]2)c1. The molecule has 18 heavy (non-hydrogen) atoms. The van der Waals surface area contributed by atoms with Gasteiger partial charge in [0.25, 0.3) is 0 Å². The quantitative estimate of drug-likeness (QED) is 0.851. The second-order valence-corrected chi connectivity index (χ2v) is 4.06. The third-order valence-corrected chi connectivity index (χ3v) is 2.49. The minimum atomic E-state index is -0.210. The summed E-state index contributed by atoms with van der Waals surface area (Å²) in [7, 11) is 0. The van der Waals surface area contributed by atoms with Crippen molar-refractivity contribution in [1.82, 2.24) is 5.32 Å². The van der Waals surface area contributed by atoms with Gasteiger partial charge in [-0.3, -0.25) is 0 Å². The first kappa shape index (κ1) is 12.1. The predicted molar refractivity (Wildman–Crippen MR) is 70.0 cm³/mol. The van der Waals surface area contributed by atoms with Crippen molar-refractivity contribution >= 4 is 11.7 Å². The van der Waals surface area contributed by atoms with E-state index in [2.05, 4.69) is 15.6 Å². The Balaban J connectivity index is 1.86. The molecule has 1 heterocycles. The normalized spacial score (nSPS) is 9.83. The van der Waals surface area contributed by atoms with Crippen LogP contribution in [0.2, 0.25) is 0 Å². The number of anilines is 1. The number of aryl methyl sites for hydroxylation is 1. The van der Waals surface area contributed by atoms with Crippen molar-refractivity contribution in [1.29, 1.82) is 0 Å². The zero-order valence-corrected chi connectivity index (χ0v) is 10.2. The third kappa shape index (κ3) is 3.59. The number of nitrogens with one attached hydrogen (secondary N) is 3. The number of carbonyl (C=O) groups excluding carboxylic acids is 1. The highest BCUT2D eigenvalue weighted by Crippen LogP contribution is 2.08. The van der Waals surface area contributed by atoms with Crippen LogP contribution in [0.5, 0.6) is 0 Å². The van der Waals surface area contributed by atoms with Gasteiger partial charge in [-0.15, -0.1) is 0 Å². The molecule has 0 aliphatic carbocycles. The molecule has 0 radical (unpaired) electrons. The van der Waals surface area contributed by atoms with Crippen LogP contribution in [0.4, 0.5) is 10.5 Å². The summed E-state index contributed by atoms with van der Waals surface area (Å²) in [4.78, 5) is 14.7. The van der Waals surface area contributed by atoms with E-state index >= 15 is 0 Å². The van der Waals surface area contributed by atoms with E-state index in [-0.39, 0.29) is 6.03 Å². The Labute approximate surface area is 106 Å². The molecule has 0 aliphatic heterocycles. The maximum atomic E-state index is 11.7. The molecule has 1 aromatic heterocycles. The summed E-state index contributed by atoms with van der Waals surface area (Å²) in [5.74, 6) is 0. The van der Waals surface area contributed by atoms with Crippen LogP contribution in [0.15, 0.2) is 48.7 Å². The molecule has 0 atom stereocenters. The number of rotatable bonds is 3. The van der Waals surface area contributed by atoms with E-state index in [0.29, 0.717) is 6.54 Å². The summed E-state index contributed by atoms with van der Waals surface area (Å²) >= 11 is 0. The predicted octanol–water partition coefficient (Wildman–Crippen LogP) is 2.13. The zero-order valence-electron chi connectivity index (χ0n) is 10.2. The maximum absolute atomic E-state index is 11.7. The first-order valence-corrected chi connectivity index (χ1v) is 5.81. The van der Waals surface area contributed by atoms with Crippen molar-refractivity contribution < 1.29 is 9.78 Å². The monoisotopic (exact) mass is 242 g/mol. The van der Waals surface area contributed by atoms with E-state index in [4.69, 9.17) is 0 Å². The fourth-order valence-corrected chi connectivity index (χ4v) is 1.61. The van der Waals surface area contributed by atoms with Crippen molar-refractivity contribution in [2.45, 2.75) is 13.5 Å². The molecule has 0 saturated carbocycles. The van der Waals surface area contributed by atoms with Gasteiger partial charge in [0.05, 0.1) is 0 Å². The minimum Gasteiger partial charge on any atom is -0.328 e. The highest BCUT2D eigenvalue weighted by molar-refractivity contribution is 5.89. The summed E-state index contributed by atoms with van der Waals surface area (Å²) in [6.07, 6.45) is 1.83. The van der Waals surface area contributed by atoms with Crippen molar-refractivity contribution in [2.24, 2.45) is 0 Å². The summed E-state index contributed by atoms with van der Waals surface area (Å²) < 4.78 is 0. The Kier molecular flexibility index (Phi) is 3.91. The average molecular weight is 242 g/mol. The topological polar surface area (TPSA) is 55.3 Å². The number of urea groups is 1. The first-order chi connectivity index (χ1) is 8.74. The molecule has 0 bridgehead atoms. The number of amides is 2.